The first-order valence-corrected chi connectivity index (χ1v) is 22.5. The second-order valence-electron chi connectivity index (χ2n) is 18.4. The molecule has 0 N–H and O–H groups in total. The highest BCUT2D eigenvalue weighted by Gasteiger charge is 2.31. The quantitative estimate of drug-likeness (QED) is 0.161. The van der Waals surface area contributed by atoms with Crippen LogP contribution in [0.4, 0.5) is 0 Å². The first-order valence-electron chi connectivity index (χ1n) is 22.5. The van der Waals surface area contributed by atoms with Crippen molar-refractivity contribution in [3.05, 3.63) is 0 Å². The maximum absolute atomic E-state index is 7.16. The molecule has 0 fully saturated rings. The first kappa shape index (κ1) is 56.3. The Morgan fingerprint density at radius 1 is 0.205 bits per heavy atom. The first-order chi connectivity index (χ1) is 36.4. The van der Waals surface area contributed by atoms with Crippen LogP contribution in [0.25, 0.3) is 94.7 Å². The molecule has 3 heterocycles. The lowest BCUT2D eigenvalue weighted by Gasteiger charge is -2.26. The summed E-state index contributed by atoms with van der Waals surface area (Å²) < 4.78 is 8.19. The van der Waals surface area contributed by atoms with Crippen LogP contribution >= 0.6 is 0 Å². The van der Waals surface area contributed by atoms with Gasteiger partial charge in [-0.25, -0.2) is 15.0 Å². The van der Waals surface area contributed by atoms with E-state index in [0.29, 0.717) is 0 Å². The van der Waals surface area contributed by atoms with Gasteiger partial charge in [0, 0.05) is 43.9 Å². The van der Waals surface area contributed by atoms with Gasteiger partial charge in [-0.05, 0) is 22.0 Å². The van der Waals surface area contributed by atoms with E-state index in [-0.39, 0.29) is 248 Å². The second-order valence-corrected chi connectivity index (χ2v) is 18.4. The number of aromatic nitrogens is 4. The Balaban J connectivity index is 1.37. The molecule has 10 rings (SSSR count). The van der Waals surface area contributed by atoms with Crippen LogP contribution in [0, 0.1) is 0 Å². The molecule has 33 heteroatoms. The zero-order valence-corrected chi connectivity index (χ0v) is 40.9. The highest BCUT2D eigenvalue weighted by atomic mass is 16.3. The molecule has 56 radical (unpaired) electrons. The lowest BCUT2D eigenvalue weighted by Crippen LogP contribution is -2.56. The molecular weight excluding hydrogens is 915 g/mol. The van der Waals surface area contributed by atoms with Crippen LogP contribution in [-0.2, 0) is 0 Å². The van der Waals surface area contributed by atoms with Gasteiger partial charge in [-0.3, -0.25) is 0 Å². The predicted molar refractivity (Wildman–Crippen MR) is 354 cm³/mol. The Bertz CT molecular complexity index is 4320. The topological polar surface area (TPSA) is 56.7 Å². The standard InChI is InChI=1S/C45B28N4O/c46-10-1(2-11(47)23(59)31(67)24(60)12(2)48)13(49)35(71)38-3(10)4-14(50)25(61)34(70)36(72)39(4)77(38)40-37(73)30(66)16(52)6-5-15(51)17(53)9(22(58)41(5)78-42(6)40)45-75-43(7-18(54)26(62)32(68)27(63)19(7)55)74-44(76-45)8-20(56)28(64)33(69)29(65)21(8)57. The van der Waals surface area contributed by atoms with Gasteiger partial charge < -0.3 is 8.98 Å². The van der Waals surface area contributed by atoms with Gasteiger partial charge in [0.1, 0.15) is 225 Å². The van der Waals surface area contributed by atoms with E-state index >= 15 is 0 Å². The van der Waals surface area contributed by atoms with E-state index in [1.54, 1.807) is 0 Å². The van der Waals surface area contributed by atoms with Crippen molar-refractivity contribution in [3.63, 3.8) is 0 Å². The maximum atomic E-state index is 7.16. The Morgan fingerprint density at radius 3 is 0.872 bits per heavy atom. The third-order valence-electron chi connectivity index (χ3n) is 14.4. The van der Waals surface area contributed by atoms with E-state index in [0.717, 1.165) is 0 Å². The summed E-state index contributed by atoms with van der Waals surface area (Å²) >= 11 is 0. The van der Waals surface area contributed by atoms with Crippen LogP contribution in [0.3, 0.4) is 0 Å². The van der Waals surface area contributed by atoms with E-state index in [1.165, 1.54) is 4.57 Å². The van der Waals surface area contributed by atoms with Gasteiger partial charge in [0.15, 0.2) is 23.1 Å². The maximum Gasteiger partial charge on any atom is 0.163 e. The third-order valence-corrected chi connectivity index (χ3v) is 14.4. The monoisotopic (exact) mass is 920 g/mol. The Labute approximate surface area is 488 Å². The van der Waals surface area contributed by atoms with Gasteiger partial charge in [-0.2, -0.15) is 0 Å². The van der Waals surface area contributed by atoms with Gasteiger partial charge >= 0.3 is 0 Å². The molecule has 0 saturated carbocycles. The Morgan fingerprint density at radius 2 is 0.449 bits per heavy atom. The van der Waals surface area contributed by atoms with E-state index < -0.39 is 0 Å². The van der Waals surface area contributed by atoms with E-state index in [2.05, 4.69) is 4.98 Å². The largest absolute Gasteiger partial charge is 0.455 e. The average molecular weight is 915 g/mol. The van der Waals surface area contributed by atoms with Crippen LogP contribution in [0.15, 0.2) is 4.42 Å². The molecule has 0 saturated heterocycles. The molecule has 0 aliphatic rings. The van der Waals surface area contributed by atoms with Gasteiger partial charge in [0.05, 0.1) is 5.69 Å². The zero-order valence-electron chi connectivity index (χ0n) is 40.9. The second kappa shape index (κ2) is 19.3. The normalized spacial score (nSPS) is 11.7. The molecule has 0 aliphatic heterocycles. The molecule has 78 heavy (non-hydrogen) atoms. The minimum absolute atomic E-state index is 0.00493. The highest BCUT2D eigenvalue weighted by molar-refractivity contribution is 6.75. The number of benzene rings is 7. The molecule has 0 unspecified atom stereocenters. The SMILES string of the molecule is [B]c1c([B])c([B])c(-c2nc(-c3c([B])c([B])c([B])c([B])c3[B])nc(-c3c([B])c([B])c4c(oc5c(-n6c7c([B])c([B])c([B])c([B])c7c7c([B])c(-c8c([B])c([B])c([B])c([B])c8[B])c([B])c([B])c76)c([B])c([B])c([B])c54)c3[B])n2)c([B])c1[B]. The van der Waals surface area contributed by atoms with E-state index in [4.69, 9.17) is 234 Å². The predicted octanol–water partition coefficient (Wildman–Crippen LogP) is -22.2. The van der Waals surface area contributed by atoms with Crippen molar-refractivity contribution < 1.29 is 4.42 Å². The van der Waals surface area contributed by atoms with Crippen molar-refractivity contribution in [1.29, 1.82) is 0 Å². The summed E-state index contributed by atoms with van der Waals surface area (Å²) in [6.07, 6.45) is 0. The summed E-state index contributed by atoms with van der Waals surface area (Å²) in [5.41, 5.74) is -5.49. The number of hydrogen-bond donors (Lipinski definition) is 0. The molecule has 0 bridgehead atoms. The summed E-state index contributed by atoms with van der Waals surface area (Å²) in [4.78, 5) is 14.1. The highest BCUT2D eigenvalue weighted by Crippen LogP contribution is 2.35. The number of fused-ring (bicyclic) bond motifs is 6. The molecule has 0 aliphatic carbocycles. The summed E-state index contributed by atoms with van der Waals surface area (Å²) in [5.74, 6) is -0.908. The van der Waals surface area contributed by atoms with Crippen molar-refractivity contribution in [2.75, 3.05) is 0 Å². The van der Waals surface area contributed by atoms with Gasteiger partial charge in [0.25, 0.3) is 0 Å². The summed E-state index contributed by atoms with van der Waals surface area (Å²) in [7, 11) is 185. The van der Waals surface area contributed by atoms with Gasteiger partial charge in [-0.1, -0.05) is 81.9 Å². The number of nitrogens with zero attached hydrogens (tertiary/aromatic N) is 4. The van der Waals surface area contributed by atoms with E-state index in [1.807, 2.05) is 0 Å². The number of hydrogen-bond acceptors (Lipinski definition) is 4. The van der Waals surface area contributed by atoms with Gasteiger partial charge in [0.2, 0.25) is 0 Å². The fraction of sp³-hybridized carbons (Fsp3) is 0. The smallest absolute Gasteiger partial charge is 0.163 e. The van der Waals surface area contributed by atoms with Crippen molar-refractivity contribution in [2.45, 2.75) is 0 Å². The molecule has 5 nitrogen and oxygen atoms in total. The van der Waals surface area contributed by atoms with Crippen LogP contribution < -0.4 is 153 Å². The minimum Gasteiger partial charge on any atom is -0.455 e. The zero-order chi connectivity index (χ0) is 57.4. The van der Waals surface area contributed by atoms with Crippen LogP contribution in [-0.4, -0.2) is 239 Å². The summed E-state index contributed by atoms with van der Waals surface area (Å²) in [6, 6.07) is 0. The van der Waals surface area contributed by atoms with E-state index in [9.17, 15) is 0 Å². The summed E-state index contributed by atoms with van der Waals surface area (Å²) in [5, 5.41) is 0.177. The minimum atomic E-state index is -0.328. The van der Waals surface area contributed by atoms with Crippen molar-refractivity contribution in [3.8, 4) is 51.0 Å². The molecule has 0 atom stereocenters. The number of furan rings is 1. The molecule has 0 amide bonds. The molecule has 290 valence electrons. The average Bonchev–Trinajstić information content (AvgIpc) is 4.22. The Kier molecular flexibility index (Phi) is 13.9. The number of rotatable bonds is 5. The summed E-state index contributed by atoms with van der Waals surface area (Å²) in [6.45, 7) is 0. The fourth-order valence-electron chi connectivity index (χ4n) is 10.0. The fourth-order valence-corrected chi connectivity index (χ4v) is 10.0. The molecule has 3 aromatic heterocycles. The molecule has 7 aromatic carbocycles. The molecule has 0 spiro atoms. The van der Waals surface area contributed by atoms with Crippen molar-refractivity contribution in [1.82, 2.24) is 19.5 Å². The van der Waals surface area contributed by atoms with Crippen molar-refractivity contribution in [2.24, 2.45) is 0 Å². The molecular formula is C45B28N4O. The lowest BCUT2D eigenvalue weighted by molar-refractivity contribution is 0.670. The van der Waals surface area contributed by atoms with Crippen LogP contribution in [0.2, 0.25) is 0 Å². The molecule has 10 aromatic rings. The third kappa shape index (κ3) is 7.52. The Hall–Kier alpha value is -5.03. The van der Waals surface area contributed by atoms with Crippen LogP contribution in [0.5, 0.6) is 0 Å². The van der Waals surface area contributed by atoms with Crippen LogP contribution in [0.1, 0.15) is 0 Å². The lowest BCUT2D eigenvalue weighted by atomic mass is 9.57. The van der Waals surface area contributed by atoms with Gasteiger partial charge in [-0.15, -0.1) is 65.6 Å². The van der Waals surface area contributed by atoms with Crippen molar-refractivity contribution >= 4 is 416 Å².